The van der Waals surface area contributed by atoms with E-state index < -0.39 is 0 Å². The lowest BCUT2D eigenvalue weighted by atomic mass is 9.90. The maximum Gasteiger partial charge on any atom is 0.122 e. The van der Waals surface area contributed by atoms with Gasteiger partial charge in [-0.05, 0) is 60.4 Å². The molecule has 0 aliphatic carbocycles. The molecule has 3 aromatic rings. The molecule has 7 nitrogen and oxygen atoms in total. The van der Waals surface area contributed by atoms with Crippen molar-refractivity contribution in [2.45, 2.75) is 20.4 Å². The minimum absolute atomic E-state index is 0.253. The lowest BCUT2D eigenvalue weighted by Crippen LogP contribution is -2.07. The van der Waals surface area contributed by atoms with E-state index in [0.717, 1.165) is 28.0 Å². The molecule has 0 amide bonds. The SMILES string of the molecule is COc1ccc(CNc2c(C#N)cc(N=N)c(N)c2-c2c(C)ccc(OC)c2C)cc1. The van der Waals surface area contributed by atoms with Crippen molar-refractivity contribution in [3.8, 4) is 28.7 Å². The van der Waals surface area contributed by atoms with Crippen LogP contribution in [-0.4, -0.2) is 14.2 Å². The first-order valence-corrected chi connectivity index (χ1v) is 9.70. The number of nitrogens with zero attached hydrogens (tertiary/aromatic N) is 2. The Kier molecular flexibility index (Phi) is 6.41. The number of aryl methyl sites for hydroxylation is 1. The molecule has 3 rings (SSSR count). The van der Waals surface area contributed by atoms with E-state index in [-0.39, 0.29) is 5.69 Å². The first kappa shape index (κ1) is 21.7. The van der Waals surface area contributed by atoms with Crippen molar-refractivity contribution in [1.82, 2.24) is 0 Å². The first-order chi connectivity index (χ1) is 14.9. The van der Waals surface area contributed by atoms with Gasteiger partial charge in [-0.1, -0.05) is 18.2 Å². The number of anilines is 2. The molecule has 0 radical (unpaired) electrons. The number of nitrogens with two attached hydrogens (primary N) is 1. The van der Waals surface area contributed by atoms with Gasteiger partial charge in [0, 0.05) is 12.1 Å². The van der Waals surface area contributed by atoms with Crippen LogP contribution in [0.4, 0.5) is 17.1 Å². The van der Waals surface area contributed by atoms with Crippen molar-refractivity contribution in [2.24, 2.45) is 5.11 Å². The molecule has 4 N–H and O–H groups in total. The first-order valence-electron chi connectivity index (χ1n) is 9.70. The van der Waals surface area contributed by atoms with Gasteiger partial charge in [0.05, 0.1) is 31.2 Å². The highest BCUT2D eigenvalue weighted by Gasteiger charge is 2.22. The van der Waals surface area contributed by atoms with Crippen molar-refractivity contribution >= 4 is 17.1 Å². The molecule has 0 bridgehead atoms. The lowest BCUT2D eigenvalue weighted by Gasteiger charge is -2.21. The van der Waals surface area contributed by atoms with Gasteiger partial charge in [-0.3, -0.25) is 0 Å². The van der Waals surface area contributed by atoms with Crippen LogP contribution in [0.25, 0.3) is 11.1 Å². The molecule has 0 aromatic heterocycles. The summed E-state index contributed by atoms with van der Waals surface area (Å²) in [6.07, 6.45) is 0. The number of hydrogen-bond donors (Lipinski definition) is 3. The third kappa shape index (κ3) is 4.14. The monoisotopic (exact) mass is 415 g/mol. The van der Waals surface area contributed by atoms with E-state index >= 15 is 0 Å². The second-order valence-corrected chi connectivity index (χ2v) is 7.12. The molecule has 31 heavy (non-hydrogen) atoms. The summed E-state index contributed by atoms with van der Waals surface area (Å²) in [6.45, 7) is 4.40. The Balaban J connectivity index is 2.20. The summed E-state index contributed by atoms with van der Waals surface area (Å²) >= 11 is 0. The molecule has 0 saturated carbocycles. The lowest BCUT2D eigenvalue weighted by molar-refractivity contribution is 0.412. The fourth-order valence-corrected chi connectivity index (χ4v) is 3.68. The van der Waals surface area contributed by atoms with E-state index in [1.165, 1.54) is 6.07 Å². The fourth-order valence-electron chi connectivity index (χ4n) is 3.68. The van der Waals surface area contributed by atoms with Crippen LogP contribution in [0, 0.1) is 30.7 Å². The van der Waals surface area contributed by atoms with Gasteiger partial charge in [0.15, 0.2) is 0 Å². The van der Waals surface area contributed by atoms with Crippen LogP contribution in [0.15, 0.2) is 47.6 Å². The van der Waals surface area contributed by atoms with Gasteiger partial charge in [0.2, 0.25) is 0 Å². The molecular weight excluding hydrogens is 390 g/mol. The molecular formula is C24H25N5O2. The highest BCUT2D eigenvalue weighted by molar-refractivity contribution is 5.98. The summed E-state index contributed by atoms with van der Waals surface area (Å²) in [6, 6.07) is 15.3. The van der Waals surface area contributed by atoms with E-state index in [4.69, 9.17) is 20.7 Å². The van der Waals surface area contributed by atoms with Gasteiger partial charge in [0.25, 0.3) is 0 Å². The molecule has 0 unspecified atom stereocenters. The van der Waals surface area contributed by atoms with Crippen LogP contribution < -0.4 is 20.5 Å². The molecule has 0 atom stereocenters. The summed E-state index contributed by atoms with van der Waals surface area (Å²) in [7, 11) is 3.24. The number of benzene rings is 3. The minimum Gasteiger partial charge on any atom is -0.497 e. The van der Waals surface area contributed by atoms with Gasteiger partial charge < -0.3 is 20.5 Å². The van der Waals surface area contributed by atoms with Crippen LogP contribution in [0.1, 0.15) is 22.3 Å². The van der Waals surface area contributed by atoms with Gasteiger partial charge in [-0.15, -0.1) is 0 Å². The van der Waals surface area contributed by atoms with Gasteiger partial charge >= 0.3 is 0 Å². The zero-order valence-electron chi connectivity index (χ0n) is 18.0. The number of methoxy groups -OCH3 is 2. The van der Waals surface area contributed by atoms with Crippen LogP contribution in [-0.2, 0) is 6.54 Å². The van der Waals surface area contributed by atoms with Gasteiger partial charge in [-0.25, -0.2) is 5.53 Å². The average Bonchev–Trinajstić information content (AvgIpc) is 2.79. The number of ether oxygens (including phenoxy) is 2. The largest absolute Gasteiger partial charge is 0.497 e. The Morgan fingerprint density at radius 2 is 1.77 bits per heavy atom. The van der Waals surface area contributed by atoms with Gasteiger partial charge in [-0.2, -0.15) is 10.4 Å². The van der Waals surface area contributed by atoms with Crippen LogP contribution >= 0.6 is 0 Å². The summed E-state index contributed by atoms with van der Waals surface area (Å²) in [5.41, 5.74) is 19.9. The zero-order valence-corrected chi connectivity index (χ0v) is 18.0. The topological polar surface area (TPSA) is 117 Å². The van der Waals surface area contributed by atoms with Gasteiger partial charge in [0.1, 0.15) is 23.3 Å². The second kappa shape index (κ2) is 9.18. The Morgan fingerprint density at radius 3 is 2.35 bits per heavy atom. The van der Waals surface area contributed by atoms with Crippen molar-refractivity contribution < 1.29 is 9.47 Å². The number of hydrogen-bond acceptors (Lipinski definition) is 7. The molecule has 0 aliphatic heterocycles. The summed E-state index contributed by atoms with van der Waals surface area (Å²) in [4.78, 5) is 0. The second-order valence-electron chi connectivity index (χ2n) is 7.12. The maximum absolute atomic E-state index is 9.83. The number of nitrogens with one attached hydrogen (secondary N) is 2. The Morgan fingerprint density at radius 1 is 1.06 bits per heavy atom. The summed E-state index contributed by atoms with van der Waals surface area (Å²) in [5, 5.41) is 16.8. The van der Waals surface area contributed by atoms with Crippen molar-refractivity contribution in [3.05, 3.63) is 64.7 Å². The van der Waals surface area contributed by atoms with Crippen molar-refractivity contribution in [2.75, 3.05) is 25.3 Å². The number of nitrogen functional groups attached to an aromatic ring is 1. The van der Waals surface area contributed by atoms with Crippen LogP contribution in [0.5, 0.6) is 11.5 Å². The third-order valence-electron chi connectivity index (χ3n) is 5.31. The smallest absolute Gasteiger partial charge is 0.122 e. The average molecular weight is 415 g/mol. The molecule has 0 heterocycles. The van der Waals surface area contributed by atoms with Crippen LogP contribution in [0.3, 0.4) is 0 Å². The van der Waals surface area contributed by atoms with Crippen LogP contribution in [0.2, 0.25) is 0 Å². The highest BCUT2D eigenvalue weighted by atomic mass is 16.5. The molecule has 3 aromatic carbocycles. The predicted molar refractivity (Wildman–Crippen MR) is 122 cm³/mol. The van der Waals surface area contributed by atoms with E-state index in [2.05, 4.69) is 16.5 Å². The van der Waals surface area contributed by atoms with E-state index in [9.17, 15) is 5.26 Å². The summed E-state index contributed by atoms with van der Waals surface area (Å²) in [5.74, 6) is 1.49. The molecule has 0 saturated heterocycles. The van der Waals surface area contributed by atoms with Crippen molar-refractivity contribution in [1.29, 1.82) is 10.8 Å². The standard InChI is InChI=1S/C24H25N5O2/c1-14-5-10-20(31-4)15(2)21(14)22-23(26)19(29-27)11-17(12-25)24(22)28-13-16-6-8-18(30-3)9-7-16/h5-11,27-28H,13,26H2,1-4H3. The highest BCUT2D eigenvalue weighted by Crippen LogP contribution is 2.46. The minimum atomic E-state index is 0.253. The molecule has 0 fully saturated rings. The predicted octanol–water partition coefficient (Wildman–Crippen LogP) is 5.72. The number of rotatable bonds is 7. The molecule has 7 heteroatoms. The van der Waals surface area contributed by atoms with E-state index in [0.29, 0.717) is 34.8 Å². The molecule has 0 spiro atoms. The molecule has 158 valence electrons. The third-order valence-corrected chi connectivity index (χ3v) is 5.31. The van der Waals surface area contributed by atoms with E-state index in [1.54, 1.807) is 14.2 Å². The quantitative estimate of drug-likeness (QED) is 0.337. The normalized spacial score (nSPS) is 10.3. The Bertz CT molecular complexity index is 1160. The zero-order chi connectivity index (χ0) is 22.5. The molecule has 0 aliphatic rings. The number of nitriles is 1. The van der Waals surface area contributed by atoms with E-state index in [1.807, 2.05) is 50.2 Å². The Labute approximate surface area is 181 Å². The Hall–Kier alpha value is -4.05. The fraction of sp³-hybridized carbons (Fsp3) is 0.208. The maximum atomic E-state index is 9.83. The van der Waals surface area contributed by atoms with Crippen molar-refractivity contribution in [3.63, 3.8) is 0 Å². The summed E-state index contributed by atoms with van der Waals surface area (Å²) < 4.78 is 10.7.